The van der Waals surface area contributed by atoms with Gasteiger partial charge in [0.05, 0.1) is 6.10 Å². The lowest BCUT2D eigenvalue weighted by Crippen LogP contribution is -2.18. The van der Waals surface area contributed by atoms with Gasteiger partial charge in [0, 0.05) is 28.7 Å². The number of aliphatic hydroxyl groups is 2. The van der Waals surface area contributed by atoms with E-state index in [2.05, 4.69) is 25.9 Å². The first kappa shape index (κ1) is 11.6. The Morgan fingerprint density at radius 2 is 2.25 bits per heavy atom. The summed E-state index contributed by atoms with van der Waals surface area (Å²) in [4.78, 5) is 7.10. The molecule has 5 heteroatoms. The van der Waals surface area contributed by atoms with Crippen LogP contribution < -0.4 is 0 Å². The summed E-state index contributed by atoms with van der Waals surface area (Å²) in [6.07, 6.45) is 2.24. The summed E-state index contributed by atoms with van der Waals surface area (Å²) in [5.41, 5.74) is 1.42. The highest BCUT2D eigenvalue weighted by atomic mass is 79.9. The summed E-state index contributed by atoms with van der Waals surface area (Å²) in [6, 6.07) is 3.68. The van der Waals surface area contributed by atoms with Crippen molar-refractivity contribution < 1.29 is 10.2 Å². The number of rotatable bonds is 4. The lowest BCUT2D eigenvalue weighted by molar-refractivity contribution is 0.0182. The van der Waals surface area contributed by atoms with Crippen molar-refractivity contribution in [3.8, 4) is 0 Å². The standard InChI is InChI=1S/C11H13BrN2O2/c12-4-3-9(15)10(16)8-6-14-11-7(8)2-1-5-13-11/h1-2,5-6,9-10,15-16H,3-4H2,(H,13,14). The number of nitrogens with zero attached hydrogens (tertiary/aromatic N) is 1. The van der Waals surface area contributed by atoms with Crippen molar-refractivity contribution in [1.29, 1.82) is 0 Å². The molecule has 2 aromatic heterocycles. The van der Waals surface area contributed by atoms with Crippen molar-refractivity contribution in [3.05, 3.63) is 30.1 Å². The van der Waals surface area contributed by atoms with E-state index in [9.17, 15) is 10.2 Å². The summed E-state index contributed by atoms with van der Waals surface area (Å²) in [5.74, 6) is 0. The first-order valence-electron chi connectivity index (χ1n) is 5.08. The second-order valence-electron chi connectivity index (χ2n) is 3.63. The Balaban J connectivity index is 2.32. The molecule has 0 saturated heterocycles. The number of pyridine rings is 1. The van der Waals surface area contributed by atoms with Crippen LogP contribution in [0, 0.1) is 0 Å². The van der Waals surface area contributed by atoms with Gasteiger partial charge >= 0.3 is 0 Å². The molecule has 4 nitrogen and oxygen atoms in total. The molecule has 3 N–H and O–H groups in total. The summed E-state index contributed by atoms with van der Waals surface area (Å²) >= 11 is 3.24. The largest absolute Gasteiger partial charge is 0.390 e. The average molecular weight is 285 g/mol. The molecule has 0 fully saturated rings. The number of halogens is 1. The highest BCUT2D eigenvalue weighted by Gasteiger charge is 2.20. The van der Waals surface area contributed by atoms with Gasteiger partial charge in [0.25, 0.3) is 0 Å². The van der Waals surface area contributed by atoms with Crippen LogP contribution >= 0.6 is 15.9 Å². The average Bonchev–Trinajstić information content (AvgIpc) is 2.72. The quantitative estimate of drug-likeness (QED) is 0.749. The van der Waals surface area contributed by atoms with Gasteiger partial charge in [-0.2, -0.15) is 0 Å². The minimum absolute atomic E-state index is 0.508. The number of hydrogen-bond donors (Lipinski definition) is 3. The van der Waals surface area contributed by atoms with Gasteiger partial charge in [-0.05, 0) is 18.6 Å². The van der Waals surface area contributed by atoms with Crippen molar-refractivity contribution in [3.63, 3.8) is 0 Å². The predicted octanol–water partition coefficient (Wildman–Crippen LogP) is 1.74. The summed E-state index contributed by atoms with van der Waals surface area (Å²) in [7, 11) is 0. The van der Waals surface area contributed by atoms with Crippen molar-refractivity contribution in [2.75, 3.05) is 5.33 Å². The second kappa shape index (κ2) is 4.95. The van der Waals surface area contributed by atoms with Crippen LogP contribution in [0.3, 0.4) is 0 Å². The van der Waals surface area contributed by atoms with Crippen LogP contribution in [0.1, 0.15) is 18.1 Å². The molecule has 0 spiro atoms. The number of H-pyrrole nitrogens is 1. The van der Waals surface area contributed by atoms with E-state index >= 15 is 0 Å². The molecule has 0 aliphatic rings. The fourth-order valence-electron chi connectivity index (χ4n) is 1.70. The Labute approximate surface area is 101 Å². The zero-order valence-corrected chi connectivity index (χ0v) is 10.2. The molecular weight excluding hydrogens is 272 g/mol. The van der Waals surface area contributed by atoms with Gasteiger partial charge in [-0.3, -0.25) is 0 Å². The van der Waals surface area contributed by atoms with Crippen molar-refractivity contribution in [2.45, 2.75) is 18.6 Å². The smallest absolute Gasteiger partial charge is 0.137 e. The molecule has 0 amide bonds. The van der Waals surface area contributed by atoms with Gasteiger partial charge in [-0.15, -0.1) is 0 Å². The number of fused-ring (bicyclic) bond motifs is 1. The first-order chi connectivity index (χ1) is 7.74. The number of nitrogens with one attached hydrogen (secondary N) is 1. The van der Waals surface area contributed by atoms with E-state index < -0.39 is 12.2 Å². The lowest BCUT2D eigenvalue weighted by Gasteiger charge is -2.16. The Kier molecular flexibility index (Phi) is 3.58. The molecule has 2 heterocycles. The van der Waals surface area contributed by atoms with E-state index in [0.29, 0.717) is 17.3 Å². The van der Waals surface area contributed by atoms with E-state index in [1.54, 1.807) is 12.4 Å². The Morgan fingerprint density at radius 3 is 3.00 bits per heavy atom. The minimum Gasteiger partial charge on any atom is -0.390 e. The van der Waals surface area contributed by atoms with Crippen LogP contribution in [-0.4, -0.2) is 31.6 Å². The molecular formula is C11H13BrN2O2. The van der Waals surface area contributed by atoms with Gasteiger partial charge < -0.3 is 15.2 Å². The molecule has 2 unspecified atom stereocenters. The SMILES string of the molecule is OC(CCBr)C(O)c1c[nH]c2ncccc12. The Morgan fingerprint density at radius 1 is 1.44 bits per heavy atom. The molecule has 2 atom stereocenters. The van der Waals surface area contributed by atoms with E-state index in [4.69, 9.17) is 0 Å². The van der Waals surface area contributed by atoms with Gasteiger partial charge in [0.15, 0.2) is 0 Å². The van der Waals surface area contributed by atoms with E-state index in [1.807, 2.05) is 12.1 Å². The third-order valence-corrected chi connectivity index (χ3v) is 3.03. The number of alkyl halides is 1. The number of aromatic nitrogens is 2. The topological polar surface area (TPSA) is 69.1 Å². The molecule has 2 rings (SSSR count). The number of aromatic amines is 1. The van der Waals surface area contributed by atoms with Crippen LogP contribution in [0.5, 0.6) is 0 Å². The zero-order chi connectivity index (χ0) is 11.5. The Bertz CT molecular complexity index is 472. The first-order valence-corrected chi connectivity index (χ1v) is 6.20. The molecule has 0 saturated carbocycles. The molecule has 0 aliphatic heterocycles. The van der Waals surface area contributed by atoms with Gasteiger partial charge in [0.2, 0.25) is 0 Å². The zero-order valence-electron chi connectivity index (χ0n) is 8.60. The summed E-state index contributed by atoms with van der Waals surface area (Å²) < 4.78 is 0. The number of aliphatic hydroxyl groups excluding tert-OH is 2. The Hall–Kier alpha value is -0.910. The molecule has 0 radical (unpaired) electrons. The van der Waals surface area contributed by atoms with Crippen molar-refractivity contribution in [1.82, 2.24) is 9.97 Å². The lowest BCUT2D eigenvalue weighted by atomic mass is 10.0. The van der Waals surface area contributed by atoms with Crippen molar-refractivity contribution >= 4 is 27.0 Å². The van der Waals surface area contributed by atoms with E-state index in [0.717, 1.165) is 11.0 Å². The predicted molar refractivity (Wildman–Crippen MR) is 65.5 cm³/mol. The summed E-state index contributed by atoms with van der Waals surface area (Å²) in [5, 5.41) is 21.2. The molecule has 2 aromatic rings. The minimum atomic E-state index is -0.879. The third-order valence-electron chi connectivity index (χ3n) is 2.57. The van der Waals surface area contributed by atoms with Crippen LogP contribution in [0.25, 0.3) is 11.0 Å². The maximum Gasteiger partial charge on any atom is 0.137 e. The van der Waals surface area contributed by atoms with Crippen LogP contribution in [0.4, 0.5) is 0 Å². The second-order valence-corrected chi connectivity index (χ2v) is 4.43. The van der Waals surface area contributed by atoms with Crippen LogP contribution in [-0.2, 0) is 0 Å². The molecule has 16 heavy (non-hydrogen) atoms. The summed E-state index contributed by atoms with van der Waals surface area (Å²) in [6.45, 7) is 0. The fraction of sp³-hybridized carbons (Fsp3) is 0.364. The fourth-order valence-corrected chi connectivity index (χ4v) is 2.17. The normalized spacial score (nSPS) is 15.2. The molecule has 0 aliphatic carbocycles. The van der Waals surface area contributed by atoms with Crippen molar-refractivity contribution in [2.24, 2.45) is 0 Å². The van der Waals surface area contributed by atoms with Gasteiger partial charge in [-0.25, -0.2) is 4.98 Å². The highest BCUT2D eigenvalue weighted by molar-refractivity contribution is 9.09. The maximum absolute atomic E-state index is 9.99. The number of hydrogen-bond acceptors (Lipinski definition) is 3. The maximum atomic E-state index is 9.99. The van der Waals surface area contributed by atoms with Gasteiger partial charge in [-0.1, -0.05) is 15.9 Å². The van der Waals surface area contributed by atoms with Crippen LogP contribution in [0.15, 0.2) is 24.5 Å². The van der Waals surface area contributed by atoms with Crippen LogP contribution in [0.2, 0.25) is 0 Å². The molecule has 0 bridgehead atoms. The van der Waals surface area contributed by atoms with E-state index in [1.165, 1.54) is 0 Å². The van der Waals surface area contributed by atoms with E-state index in [-0.39, 0.29) is 0 Å². The van der Waals surface area contributed by atoms with Gasteiger partial charge in [0.1, 0.15) is 11.8 Å². The monoisotopic (exact) mass is 284 g/mol. The molecule has 0 aromatic carbocycles. The highest BCUT2D eigenvalue weighted by Crippen LogP contribution is 2.26. The molecule has 86 valence electrons. The third kappa shape index (κ3) is 2.11.